The summed E-state index contributed by atoms with van der Waals surface area (Å²) < 4.78 is 5.94. The second kappa shape index (κ2) is 7.10. The first kappa shape index (κ1) is 15.4. The third kappa shape index (κ3) is 4.58. The number of nitrogens with one attached hydrogen (secondary N) is 1. The summed E-state index contributed by atoms with van der Waals surface area (Å²) in [6.07, 6.45) is 5.09. The number of carboxylic acids is 1. The molecular weight excluding hydrogens is 230 g/mol. The van der Waals surface area contributed by atoms with Crippen molar-refractivity contribution in [3.8, 4) is 0 Å². The summed E-state index contributed by atoms with van der Waals surface area (Å²) in [5.41, 5.74) is 0.0302. The lowest BCUT2D eigenvalue weighted by molar-refractivity contribution is -0.137. The van der Waals surface area contributed by atoms with Gasteiger partial charge in [-0.1, -0.05) is 13.8 Å². The van der Waals surface area contributed by atoms with Gasteiger partial charge < -0.3 is 15.2 Å². The highest BCUT2D eigenvalue weighted by molar-refractivity contribution is 5.66. The summed E-state index contributed by atoms with van der Waals surface area (Å²) in [6, 6.07) is 0.720. The van der Waals surface area contributed by atoms with Crippen LogP contribution in [0.1, 0.15) is 59.3 Å². The van der Waals surface area contributed by atoms with E-state index in [9.17, 15) is 4.79 Å². The highest BCUT2D eigenvalue weighted by Crippen LogP contribution is 2.31. The van der Waals surface area contributed by atoms with Crippen LogP contribution in [-0.2, 0) is 9.53 Å². The summed E-state index contributed by atoms with van der Waals surface area (Å²) in [6.45, 7) is 7.24. The van der Waals surface area contributed by atoms with Crippen molar-refractivity contribution >= 4 is 5.97 Å². The standard InChI is InChI=1S/C14H27NO3/c1-4-14(5-2)10-12(8-9-18-14)15-11(3)6-7-13(16)17/h11-12,15H,4-10H2,1-3H3,(H,16,17). The van der Waals surface area contributed by atoms with Gasteiger partial charge >= 0.3 is 5.97 Å². The molecule has 2 atom stereocenters. The van der Waals surface area contributed by atoms with Crippen LogP contribution in [0, 0.1) is 0 Å². The SMILES string of the molecule is CCC1(CC)CC(NC(C)CCC(=O)O)CCO1. The molecule has 1 heterocycles. The average Bonchev–Trinajstić information content (AvgIpc) is 2.36. The van der Waals surface area contributed by atoms with Gasteiger partial charge in [0.15, 0.2) is 0 Å². The van der Waals surface area contributed by atoms with Crippen LogP contribution in [0.4, 0.5) is 0 Å². The molecule has 0 aromatic rings. The number of carbonyl (C=O) groups is 1. The summed E-state index contributed by atoms with van der Waals surface area (Å²) in [4.78, 5) is 10.5. The second-order valence-electron chi connectivity index (χ2n) is 5.43. The summed E-state index contributed by atoms with van der Waals surface area (Å²) in [5, 5.41) is 12.2. The quantitative estimate of drug-likeness (QED) is 0.736. The van der Waals surface area contributed by atoms with Gasteiger partial charge in [0.1, 0.15) is 0 Å². The molecule has 0 aromatic heterocycles. The number of carboxylic acid groups (broad SMARTS) is 1. The topological polar surface area (TPSA) is 58.6 Å². The maximum Gasteiger partial charge on any atom is 0.303 e. The van der Waals surface area contributed by atoms with E-state index in [1.165, 1.54) is 0 Å². The van der Waals surface area contributed by atoms with Crippen molar-refractivity contribution in [3.05, 3.63) is 0 Å². The van der Waals surface area contributed by atoms with Gasteiger partial charge in [0, 0.05) is 25.1 Å². The molecule has 1 saturated heterocycles. The van der Waals surface area contributed by atoms with Crippen LogP contribution in [0.15, 0.2) is 0 Å². The Kier molecular flexibility index (Phi) is 6.09. The van der Waals surface area contributed by atoms with Crippen molar-refractivity contribution < 1.29 is 14.6 Å². The number of ether oxygens (including phenoxy) is 1. The Balaban J connectivity index is 2.39. The minimum absolute atomic E-state index is 0.0302. The van der Waals surface area contributed by atoms with Gasteiger partial charge in [0.05, 0.1) is 5.60 Å². The molecule has 2 N–H and O–H groups in total. The molecule has 0 radical (unpaired) electrons. The maximum absolute atomic E-state index is 10.5. The first-order valence-corrected chi connectivity index (χ1v) is 7.13. The number of rotatable bonds is 7. The van der Waals surface area contributed by atoms with Gasteiger partial charge in [-0.05, 0) is 39.0 Å². The van der Waals surface area contributed by atoms with Gasteiger partial charge in [-0.3, -0.25) is 4.79 Å². The van der Waals surface area contributed by atoms with E-state index in [1.807, 2.05) is 0 Å². The predicted octanol–water partition coefficient (Wildman–Crippen LogP) is 2.57. The fourth-order valence-corrected chi connectivity index (χ4v) is 2.74. The van der Waals surface area contributed by atoms with E-state index in [0.29, 0.717) is 12.5 Å². The van der Waals surface area contributed by atoms with Gasteiger partial charge in [-0.2, -0.15) is 0 Å². The van der Waals surface area contributed by atoms with Crippen LogP contribution in [0.25, 0.3) is 0 Å². The van der Waals surface area contributed by atoms with E-state index >= 15 is 0 Å². The minimum Gasteiger partial charge on any atom is -0.481 e. The molecule has 0 aromatic carbocycles. The number of hydrogen-bond donors (Lipinski definition) is 2. The van der Waals surface area contributed by atoms with Crippen molar-refractivity contribution in [2.75, 3.05) is 6.61 Å². The Bertz CT molecular complexity index is 264. The highest BCUT2D eigenvalue weighted by atomic mass is 16.5. The molecule has 106 valence electrons. The van der Waals surface area contributed by atoms with E-state index in [4.69, 9.17) is 9.84 Å². The maximum atomic E-state index is 10.5. The van der Waals surface area contributed by atoms with Crippen molar-refractivity contribution in [2.45, 2.75) is 77.0 Å². The fourth-order valence-electron chi connectivity index (χ4n) is 2.74. The van der Waals surface area contributed by atoms with E-state index in [1.54, 1.807) is 0 Å². The lowest BCUT2D eigenvalue weighted by atomic mass is 9.85. The van der Waals surface area contributed by atoms with Crippen LogP contribution in [0.5, 0.6) is 0 Å². The summed E-state index contributed by atoms with van der Waals surface area (Å²) in [7, 11) is 0. The second-order valence-corrected chi connectivity index (χ2v) is 5.43. The Morgan fingerprint density at radius 2 is 2.17 bits per heavy atom. The Labute approximate surface area is 110 Å². The van der Waals surface area contributed by atoms with E-state index in [0.717, 1.165) is 32.3 Å². The summed E-state index contributed by atoms with van der Waals surface area (Å²) >= 11 is 0. The van der Waals surface area contributed by atoms with Crippen LogP contribution in [0.2, 0.25) is 0 Å². The molecule has 18 heavy (non-hydrogen) atoms. The molecule has 1 fully saturated rings. The predicted molar refractivity (Wildman–Crippen MR) is 71.8 cm³/mol. The lowest BCUT2D eigenvalue weighted by Crippen LogP contribution is -2.48. The molecule has 0 bridgehead atoms. The highest BCUT2D eigenvalue weighted by Gasteiger charge is 2.34. The minimum atomic E-state index is -0.716. The Hall–Kier alpha value is -0.610. The van der Waals surface area contributed by atoms with Gasteiger partial charge in [-0.25, -0.2) is 0 Å². The normalized spacial score (nSPS) is 24.7. The molecule has 4 heteroatoms. The first-order valence-electron chi connectivity index (χ1n) is 7.13. The van der Waals surface area contributed by atoms with Crippen LogP contribution < -0.4 is 5.32 Å². The van der Waals surface area contributed by atoms with Gasteiger partial charge in [0.25, 0.3) is 0 Å². The molecule has 0 aliphatic carbocycles. The van der Waals surface area contributed by atoms with Gasteiger partial charge in [-0.15, -0.1) is 0 Å². The molecule has 4 nitrogen and oxygen atoms in total. The fraction of sp³-hybridized carbons (Fsp3) is 0.929. The number of hydrogen-bond acceptors (Lipinski definition) is 3. The van der Waals surface area contributed by atoms with Crippen molar-refractivity contribution in [3.63, 3.8) is 0 Å². The zero-order valence-electron chi connectivity index (χ0n) is 11.9. The first-order chi connectivity index (χ1) is 8.51. The molecule has 2 unspecified atom stereocenters. The zero-order chi connectivity index (χ0) is 13.6. The Morgan fingerprint density at radius 1 is 1.50 bits per heavy atom. The molecule has 0 saturated carbocycles. The monoisotopic (exact) mass is 257 g/mol. The van der Waals surface area contributed by atoms with Crippen molar-refractivity contribution in [1.82, 2.24) is 5.32 Å². The third-order valence-electron chi connectivity index (χ3n) is 4.09. The van der Waals surface area contributed by atoms with E-state index in [2.05, 4.69) is 26.1 Å². The van der Waals surface area contributed by atoms with Crippen LogP contribution in [0.3, 0.4) is 0 Å². The van der Waals surface area contributed by atoms with Crippen molar-refractivity contribution in [2.24, 2.45) is 0 Å². The van der Waals surface area contributed by atoms with Crippen molar-refractivity contribution in [1.29, 1.82) is 0 Å². The third-order valence-corrected chi connectivity index (χ3v) is 4.09. The zero-order valence-corrected chi connectivity index (χ0v) is 11.9. The molecule has 1 aliphatic rings. The number of aliphatic carboxylic acids is 1. The summed E-state index contributed by atoms with van der Waals surface area (Å²) in [5.74, 6) is -0.716. The van der Waals surface area contributed by atoms with E-state index < -0.39 is 5.97 Å². The lowest BCUT2D eigenvalue weighted by Gasteiger charge is -2.41. The van der Waals surface area contributed by atoms with Crippen LogP contribution in [-0.4, -0.2) is 35.4 Å². The molecule has 0 amide bonds. The molecule has 1 rings (SSSR count). The smallest absolute Gasteiger partial charge is 0.303 e. The molecule has 0 spiro atoms. The Morgan fingerprint density at radius 3 is 2.72 bits per heavy atom. The van der Waals surface area contributed by atoms with Gasteiger partial charge in [0.2, 0.25) is 0 Å². The van der Waals surface area contributed by atoms with E-state index in [-0.39, 0.29) is 18.1 Å². The average molecular weight is 257 g/mol. The molecular formula is C14H27NO3. The molecule has 1 aliphatic heterocycles. The largest absolute Gasteiger partial charge is 0.481 e. The van der Waals surface area contributed by atoms with Crippen LogP contribution >= 0.6 is 0 Å².